The molecular weight excluding hydrogens is 350 g/mol. The molecule has 4 heteroatoms. The summed E-state index contributed by atoms with van der Waals surface area (Å²) in [6.45, 7) is 3.19. The maximum absolute atomic E-state index is 10.6. The highest BCUT2D eigenvalue weighted by Gasteiger charge is 2.28. The second-order valence-electron chi connectivity index (χ2n) is 7.67. The van der Waals surface area contributed by atoms with Crippen molar-refractivity contribution in [3.8, 4) is 17.2 Å². The number of hydrogen-bond acceptors (Lipinski definition) is 4. The Morgan fingerprint density at radius 3 is 2.71 bits per heavy atom. The Labute approximate surface area is 165 Å². The van der Waals surface area contributed by atoms with Crippen LogP contribution in [0.3, 0.4) is 0 Å². The summed E-state index contributed by atoms with van der Waals surface area (Å²) in [4.78, 5) is 2.47. The Morgan fingerprint density at radius 1 is 0.929 bits per heavy atom. The smallest absolute Gasteiger partial charge is 0.161 e. The number of rotatable bonds is 3. The Bertz CT molecular complexity index is 1000. The van der Waals surface area contributed by atoms with Crippen molar-refractivity contribution in [2.45, 2.75) is 31.8 Å². The van der Waals surface area contributed by atoms with Gasteiger partial charge in [-0.05, 0) is 53.9 Å². The molecule has 1 fully saturated rings. The normalized spacial score (nSPS) is 19.6. The number of nitrogens with zero attached hydrogens (tertiary/aromatic N) is 1. The number of likely N-dealkylation sites (tertiary alicyclic amines) is 1. The first-order valence-corrected chi connectivity index (χ1v) is 10.1. The minimum absolute atomic E-state index is 0.329. The molecule has 1 atom stereocenters. The molecule has 28 heavy (non-hydrogen) atoms. The van der Waals surface area contributed by atoms with Crippen molar-refractivity contribution in [1.82, 2.24) is 4.90 Å². The molecule has 3 aromatic carbocycles. The first-order valence-electron chi connectivity index (χ1n) is 10.1. The number of fused-ring (bicyclic) bond motifs is 2. The molecule has 4 nitrogen and oxygen atoms in total. The zero-order chi connectivity index (χ0) is 18.9. The molecule has 5 rings (SSSR count). The monoisotopic (exact) mass is 375 g/mol. The number of phenolic OH excluding ortho intramolecular Hbond substituents is 1. The van der Waals surface area contributed by atoms with Crippen LogP contribution in [-0.4, -0.2) is 29.8 Å². The Morgan fingerprint density at radius 2 is 1.79 bits per heavy atom. The lowest BCUT2D eigenvalue weighted by molar-refractivity contribution is 0.245. The first-order chi connectivity index (χ1) is 13.8. The van der Waals surface area contributed by atoms with Crippen LogP contribution in [0.2, 0.25) is 0 Å². The van der Waals surface area contributed by atoms with E-state index in [2.05, 4.69) is 29.2 Å². The van der Waals surface area contributed by atoms with E-state index >= 15 is 0 Å². The van der Waals surface area contributed by atoms with Crippen LogP contribution in [0.1, 0.15) is 36.4 Å². The fourth-order valence-corrected chi connectivity index (χ4v) is 4.47. The zero-order valence-electron chi connectivity index (χ0n) is 15.9. The van der Waals surface area contributed by atoms with E-state index in [1.807, 2.05) is 30.3 Å². The van der Waals surface area contributed by atoms with Crippen LogP contribution in [0.15, 0.2) is 54.6 Å². The van der Waals surface area contributed by atoms with Gasteiger partial charge >= 0.3 is 0 Å². The van der Waals surface area contributed by atoms with Gasteiger partial charge in [-0.3, -0.25) is 4.90 Å². The predicted octanol–water partition coefficient (Wildman–Crippen LogP) is 5.04. The number of ether oxygens (including phenoxy) is 2. The molecule has 2 aliphatic rings. The molecular formula is C24H25NO3. The van der Waals surface area contributed by atoms with Crippen molar-refractivity contribution in [2.24, 2.45) is 0 Å². The van der Waals surface area contributed by atoms with Gasteiger partial charge in [0, 0.05) is 24.6 Å². The third-order valence-electron chi connectivity index (χ3n) is 5.90. The zero-order valence-corrected chi connectivity index (χ0v) is 15.9. The number of hydrogen-bond donors (Lipinski definition) is 1. The van der Waals surface area contributed by atoms with Gasteiger partial charge in [-0.1, -0.05) is 36.4 Å². The lowest BCUT2D eigenvalue weighted by Crippen LogP contribution is -2.23. The van der Waals surface area contributed by atoms with Crippen molar-refractivity contribution in [3.05, 3.63) is 65.7 Å². The van der Waals surface area contributed by atoms with Crippen LogP contribution in [0.25, 0.3) is 10.8 Å². The molecule has 1 saturated heterocycles. The number of phenols is 1. The standard InChI is InChI=1S/C24H25NO3/c26-22-10-8-17-5-1-2-6-19(17)20(22)16-25-12-3-7-21(25)18-9-11-23-24(15-18)28-14-4-13-27-23/h1-2,5-6,8-11,15,21,26H,3-4,7,12-14,16H2/t21-/m1/s1. The topological polar surface area (TPSA) is 41.9 Å². The molecule has 2 heterocycles. The molecule has 0 radical (unpaired) electrons. The lowest BCUT2D eigenvalue weighted by Gasteiger charge is -2.26. The van der Waals surface area contributed by atoms with E-state index in [4.69, 9.17) is 9.47 Å². The molecule has 0 spiro atoms. The quantitative estimate of drug-likeness (QED) is 0.696. The minimum atomic E-state index is 0.329. The molecule has 144 valence electrons. The Hall–Kier alpha value is -2.72. The van der Waals surface area contributed by atoms with Crippen LogP contribution in [0.4, 0.5) is 0 Å². The van der Waals surface area contributed by atoms with Gasteiger partial charge in [-0.25, -0.2) is 0 Å². The predicted molar refractivity (Wildman–Crippen MR) is 110 cm³/mol. The molecule has 0 aromatic heterocycles. The summed E-state index contributed by atoms with van der Waals surface area (Å²) in [5.74, 6) is 2.08. The first kappa shape index (κ1) is 17.4. The van der Waals surface area contributed by atoms with Gasteiger partial charge in [-0.15, -0.1) is 0 Å². The Balaban J connectivity index is 1.46. The van der Waals surface area contributed by atoms with Crippen LogP contribution in [-0.2, 0) is 6.54 Å². The van der Waals surface area contributed by atoms with Crippen LogP contribution in [0, 0.1) is 0 Å². The van der Waals surface area contributed by atoms with Crippen molar-refractivity contribution in [3.63, 3.8) is 0 Å². The van der Waals surface area contributed by atoms with Gasteiger partial charge in [-0.2, -0.15) is 0 Å². The average molecular weight is 375 g/mol. The molecule has 0 amide bonds. The van der Waals surface area contributed by atoms with Crippen molar-refractivity contribution in [1.29, 1.82) is 0 Å². The summed E-state index contributed by atoms with van der Waals surface area (Å²) < 4.78 is 11.7. The van der Waals surface area contributed by atoms with Gasteiger partial charge in [0.25, 0.3) is 0 Å². The van der Waals surface area contributed by atoms with E-state index in [0.717, 1.165) is 54.8 Å². The maximum Gasteiger partial charge on any atom is 0.161 e. The summed E-state index contributed by atoms with van der Waals surface area (Å²) in [6.07, 6.45) is 3.19. The van der Waals surface area contributed by atoms with E-state index in [1.54, 1.807) is 0 Å². The van der Waals surface area contributed by atoms with Gasteiger partial charge in [0.05, 0.1) is 13.2 Å². The molecule has 3 aromatic rings. The molecule has 0 unspecified atom stereocenters. The highest BCUT2D eigenvalue weighted by atomic mass is 16.5. The van der Waals surface area contributed by atoms with Gasteiger partial charge in [0.15, 0.2) is 11.5 Å². The largest absolute Gasteiger partial charge is 0.508 e. The lowest BCUT2D eigenvalue weighted by atomic mass is 10.0. The van der Waals surface area contributed by atoms with Gasteiger partial charge in [0.2, 0.25) is 0 Å². The fourth-order valence-electron chi connectivity index (χ4n) is 4.47. The van der Waals surface area contributed by atoms with E-state index < -0.39 is 0 Å². The third-order valence-corrected chi connectivity index (χ3v) is 5.90. The van der Waals surface area contributed by atoms with Crippen LogP contribution in [0.5, 0.6) is 17.2 Å². The molecule has 0 bridgehead atoms. The van der Waals surface area contributed by atoms with E-state index in [1.165, 1.54) is 10.9 Å². The average Bonchev–Trinajstić information content (AvgIpc) is 3.06. The second-order valence-corrected chi connectivity index (χ2v) is 7.67. The van der Waals surface area contributed by atoms with Crippen molar-refractivity contribution >= 4 is 10.8 Å². The molecule has 0 aliphatic carbocycles. The summed E-state index contributed by atoms with van der Waals surface area (Å²) in [6, 6.07) is 18.8. The number of aromatic hydroxyl groups is 1. The Kier molecular flexibility index (Phi) is 4.57. The van der Waals surface area contributed by atoms with Crippen molar-refractivity contribution < 1.29 is 14.6 Å². The van der Waals surface area contributed by atoms with E-state index in [0.29, 0.717) is 25.0 Å². The second kappa shape index (κ2) is 7.36. The minimum Gasteiger partial charge on any atom is -0.508 e. The van der Waals surface area contributed by atoms with Gasteiger partial charge in [0.1, 0.15) is 5.75 Å². The summed E-state index contributed by atoms with van der Waals surface area (Å²) in [5, 5.41) is 12.9. The van der Waals surface area contributed by atoms with Gasteiger partial charge < -0.3 is 14.6 Å². The highest BCUT2D eigenvalue weighted by Crippen LogP contribution is 2.40. The molecule has 2 aliphatic heterocycles. The van der Waals surface area contributed by atoms with Crippen LogP contribution >= 0.6 is 0 Å². The van der Waals surface area contributed by atoms with E-state index in [-0.39, 0.29) is 0 Å². The third kappa shape index (κ3) is 3.18. The van der Waals surface area contributed by atoms with Crippen molar-refractivity contribution in [2.75, 3.05) is 19.8 Å². The highest BCUT2D eigenvalue weighted by molar-refractivity contribution is 5.87. The SMILES string of the molecule is Oc1ccc2ccccc2c1CN1CCC[C@@H]1c1ccc2c(c1)OCCCO2. The summed E-state index contributed by atoms with van der Waals surface area (Å²) in [5.41, 5.74) is 2.28. The molecule has 1 N–H and O–H groups in total. The van der Waals surface area contributed by atoms with Crippen LogP contribution < -0.4 is 9.47 Å². The fraction of sp³-hybridized carbons (Fsp3) is 0.333. The summed E-state index contributed by atoms with van der Waals surface area (Å²) >= 11 is 0. The number of benzene rings is 3. The maximum atomic E-state index is 10.6. The summed E-state index contributed by atoms with van der Waals surface area (Å²) in [7, 11) is 0. The molecule has 0 saturated carbocycles. The van der Waals surface area contributed by atoms with E-state index in [9.17, 15) is 5.11 Å².